The van der Waals surface area contributed by atoms with Gasteiger partial charge in [-0.2, -0.15) is 0 Å². The van der Waals surface area contributed by atoms with E-state index in [4.69, 9.17) is 4.74 Å². The van der Waals surface area contributed by atoms with E-state index in [0.717, 1.165) is 41.2 Å². The topological polar surface area (TPSA) is 44.7 Å². The summed E-state index contributed by atoms with van der Waals surface area (Å²) in [6, 6.07) is 14.1. The number of ether oxygens (including phenoxy) is 1. The van der Waals surface area contributed by atoms with E-state index in [-0.39, 0.29) is 0 Å². The van der Waals surface area contributed by atoms with E-state index < -0.39 is 5.60 Å². The minimum Gasteiger partial charge on any atom is -0.456 e. The zero-order valence-corrected chi connectivity index (χ0v) is 18.3. The van der Waals surface area contributed by atoms with Crippen LogP contribution in [-0.4, -0.2) is 31.3 Å². The molecule has 2 aliphatic heterocycles. The fourth-order valence-electron chi connectivity index (χ4n) is 4.34. The molecular formula is C23H29BrN2O2. The van der Waals surface area contributed by atoms with E-state index in [1.165, 1.54) is 31.5 Å². The summed E-state index contributed by atoms with van der Waals surface area (Å²) in [7, 11) is 0. The Balaban J connectivity index is 1.43. The van der Waals surface area contributed by atoms with Gasteiger partial charge in [-0.15, -0.1) is 0 Å². The lowest BCUT2D eigenvalue weighted by Crippen LogP contribution is -2.38. The Morgan fingerprint density at radius 2 is 1.79 bits per heavy atom. The predicted molar refractivity (Wildman–Crippen MR) is 117 cm³/mol. The second-order valence-electron chi connectivity index (χ2n) is 8.72. The average Bonchev–Trinajstić information content (AvgIpc) is 3.07. The van der Waals surface area contributed by atoms with Crippen LogP contribution in [0.4, 0.5) is 5.69 Å². The molecule has 150 valence electrons. The van der Waals surface area contributed by atoms with E-state index in [1.807, 2.05) is 30.3 Å². The summed E-state index contributed by atoms with van der Waals surface area (Å²) in [4.78, 5) is 2.52. The minimum atomic E-state index is -0.871. The van der Waals surface area contributed by atoms with Gasteiger partial charge in [0.2, 0.25) is 0 Å². The third-order valence-electron chi connectivity index (χ3n) is 6.17. The van der Waals surface area contributed by atoms with Crippen molar-refractivity contribution in [3.05, 3.63) is 52.5 Å². The number of piperidine rings is 1. The monoisotopic (exact) mass is 444 g/mol. The van der Waals surface area contributed by atoms with Crippen LogP contribution in [-0.2, 0) is 5.60 Å². The Hall–Kier alpha value is -1.56. The first-order valence-corrected chi connectivity index (χ1v) is 10.9. The normalized spacial score (nSPS) is 19.2. The Kier molecular flexibility index (Phi) is 5.43. The highest BCUT2D eigenvalue weighted by molar-refractivity contribution is 9.10. The molecule has 0 unspecified atom stereocenters. The van der Waals surface area contributed by atoms with Crippen molar-refractivity contribution in [2.45, 2.75) is 38.7 Å². The standard InChI is InChI=1S/C23H29BrN2O2/c1-22(2,27)17-3-8-21(20(24)15-17)28-19-6-4-18(5-7-19)26-14-11-23(16-26)9-12-25-13-10-23/h3-8,15,25,27H,9-14,16H2,1-2H3. The Morgan fingerprint density at radius 1 is 1.07 bits per heavy atom. The highest BCUT2D eigenvalue weighted by Gasteiger charge is 2.38. The van der Waals surface area contributed by atoms with Crippen LogP contribution in [0.5, 0.6) is 11.5 Å². The zero-order chi connectivity index (χ0) is 19.8. The summed E-state index contributed by atoms with van der Waals surface area (Å²) in [6.07, 6.45) is 3.88. The molecule has 4 nitrogen and oxygen atoms in total. The molecule has 5 heteroatoms. The van der Waals surface area contributed by atoms with Gasteiger partial charge in [0.15, 0.2) is 0 Å². The fraction of sp³-hybridized carbons (Fsp3) is 0.478. The van der Waals surface area contributed by atoms with Gasteiger partial charge in [-0.1, -0.05) is 6.07 Å². The molecule has 2 heterocycles. The lowest BCUT2D eigenvalue weighted by atomic mass is 9.78. The maximum atomic E-state index is 10.2. The fourth-order valence-corrected chi connectivity index (χ4v) is 4.80. The minimum absolute atomic E-state index is 0.507. The molecule has 0 aromatic heterocycles. The predicted octanol–water partition coefficient (Wildman–Crippen LogP) is 5.05. The van der Waals surface area contributed by atoms with E-state index >= 15 is 0 Å². The van der Waals surface area contributed by atoms with Crippen molar-refractivity contribution < 1.29 is 9.84 Å². The molecule has 4 rings (SSSR count). The summed E-state index contributed by atoms with van der Waals surface area (Å²) in [5, 5.41) is 13.6. The summed E-state index contributed by atoms with van der Waals surface area (Å²) in [5.74, 6) is 1.56. The van der Waals surface area contributed by atoms with Gasteiger partial charge in [-0.05, 0) is 110 Å². The summed E-state index contributed by atoms with van der Waals surface area (Å²) >= 11 is 3.56. The number of benzene rings is 2. The number of hydrogen-bond acceptors (Lipinski definition) is 4. The van der Waals surface area contributed by atoms with Gasteiger partial charge in [0.25, 0.3) is 0 Å². The second kappa shape index (κ2) is 7.69. The Bertz CT molecular complexity index is 823. The van der Waals surface area contributed by atoms with Gasteiger partial charge in [0.05, 0.1) is 10.1 Å². The molecule has 2 aliphatic rings. The third-order valence-corrected chi connectivity index (χ3v) is 6.79. The Morgan fingerprint density at radius 3 is 2.43 bits per heavy atom. The van der Waals surface area contributed by atoms with Crippen LogP contribution in [0.3, 0.4) is 0 Å². The lowest BCUT2D eigenvalue weighted by molar-refractivity contribution is 0.0785. The molecule has 0 radical (unpaired) electrons. The van der Waals surface area contributed by atoms with Gasteiger partial charge in [-0.25, -0.2) is 0 Å². The van der Waals surface area contributed by atoms with Crippen molar-refractivity contribution >= 4 is 21.6 Å². The van der Waals surface area contributed by atoms with Crippen LogP contribution in [0, 0.1) is 5.41 Å². The van der Waals surface area contributed by atoms with Crippen LogP contribution in [0.15, 0.2) is 46.9 Å². The van der Waals surface area contributed by atoms with Crippen molar-refractivity contribution in [3.63, 3.8) is 0 Å². The van der Waals surface area contributed by atoms with Crippen LogP contribution in [0.2, 0.25) is 0 Å². The number of hydrogen-bond donors (Lipinski definition) is 2. The number of anilines is 1. The van der Waals surface area contributed by atoms with Crippen LogP contribution >= 0.6 is 15.9 Å². The van der Waals surface area contributed by atoms with Crippen molar-refractivity contribution in [3.8, 4) is 11.5 Å². The third kappa shape index (κ3) is 4.22. The number of aliphatic hydroxyl groups is 1. The largest absolute Gasteiger partial charge is 0.456 e. The van der Waals surface area contributed by atoms with Gasteiger partial charge in [0, 0.05) is 18.8 Å². The van der Waals surface area contributed by atoms with Crippen LogP contribution < -0.4 is 15.0 Å². The van der Waals surface area contributed by atoms with Crippen molar-refractivity contribution in [1.82, 2.24) is 5.32 Å². The smallest absolute Gasteiger partial charge is 0.141 e. The molecule has 1 spiro atoms. The maximum Gasteiger partial charge on any atom is 0.141 e. The highest BCUT2D eigenvalue weighted by atomic mass is 79.9. The van der Waals surface area contributed by atoms with Gasteiger partial charge >= 0.3 is 0 Å². The second-order valence-corrected chi connectivity index (χ2v) is 9.58. The first kappa shape index (κ1) is 19.7. The molecule has 2 saturated heterocycles. The summed E-state index contributed by atoms with van der Waals surface area (Å²) < 4.78 is 6.89. The van der Waals surface area contributed by atoms with E-state index in [2.05, 4.69) is 38.3 Å². The quantitative estimate of drug-likeness (QED) is 0.692. The summed E-state index contributed by atoms with van der Waals surface area (Å²) in [5.41, 5.74) is 1.76. The molecular weight excluding hydrogens is 416 g/mol. The number of halogens is 1. The Labute approximate surface area is 176 Å². The number of rotatable bonds is 4. The molecule has 2 fully saturated rings. The molecule has 0 saturated carbocycles. The van der Waals surface area contributed by atoms with Gasteiger partial charge in [0.1, 0.15) is 11.5 Å². The first-order valence-electron chi connectivity index (χ1n) is 10.1. The van der Waals surface area contributed by atoms with Gasteiger partial charge < -0.3 is 20.1 Å². The molecule has 2 N–H and O–H groups in total. The van der Waals surface area contributed by atoms with E-state index in [1.54, 1.807) is 13.8 Å². The van der Waals surface area contributed by atoms with Crippen molar-refractivity contribution in [1.29, 1.82) is 0 Å². The van der Waals surface area contributed by atoms with E-state index in [9.17, 15) is 5.11 Å². The van der Waals surface area contributed by atoms with Crippen LogP contribution in [0.1, 0.15) is 38.7 Å². The molecule has 2 aromatic carbocycles. The van der Waals surface area contributed by atoms with Crippen LogP contribution in [0.25, 0.3) is 0 Å². The van der Waals surface area contributed by atoms with E-state index in [0.29, 0.717) is 5.41 Å². The average molecular weight is 445 g/mol. The molecule has 0 bridgehead atoms. The SMILES string of the molecule is CC(C)(O)c1ccc(Oc2ccc(N3CCC4(CCNCC4)C3)cc2)c(Br)c1. The molecule has 28 heavy (non-hydrogen) atoms. The number of nitrogens with one attached hydrogen (secondary N) is 1. The lowest BCUT2D eigenvalue weighted by Gasteiger charge is -2.34. The van der Waals surface area contributed by atoms with Crippen molar-refractivity contribution in [2.75, 3.05) is 31.1 Å². The summed E-state index contributed by atoms with van der Waals surface area (Å²) in [6.45, 7) is 8.17. The molecule has 0 amide bonds. The van der Waals surface area contributed by atoms with Crippen molar-refractivity contribution in [2.24, 2.45) is 5.41 Å². The molecule has 2 aromatic rings. The first-order chi connectivity index (χ1) is 13.3. The maximum absolute atomic E-state index is 10.2. The van der Waals surface area contributed by atoms with Gasteiger partial charge in [-0.3, -0.25) is 0 Å². The number of nitrogens with zero attached hydrogens (tertiary/aromatic N) is 1. The highest BCUT2D eigenvalue weighted by Crippen LogP contribution is 2.41. The molecule has 0 aliphatic carbocycles. The molecule has 0 atom stereocenters. The zero-order valence-electron chi connectivity index (χ0n) is 16.7.